The fourth-order valence-electron chi connectivity index (χ4n) is 2.12. The van der Waals surface area contributed by atoms with Crippen LogP contribution in [0, 0.1) is 6.92 Å². The molecule has 2 aromatic rings. The number of aryl methyl sites for hydroxylation is 1. The number of para-hydroxylation sites is 1. The van der Waals surface area contributed by atoms with Crippen molar-refractivity contribution in [1.29, 1.82) is 0 Å². The Bertz CT molecular complexity index is 730. The van der Waals surface area contributed by atoms with E-state index in [1.165, 1.54) is 11.8 Å². The van der Waals surface area contributed by atoms with E-state index in [9.17, 15) is 9.59 Å². The Morgan fingerprint density at radius 1 is 1.29 bits per heavy atom. The number of ether oxygens (including phenoxy) is 1. The summed E-state index contributed by atoms with van der Waals surface area (Å²) < 4.78 is 6.09. The lowest BCUT2D eigenvalue weighted by molar-refractivity contribution is -0.140. The number of nitrogens with one attached hydrogen (secondary N) is 1. The lowest BCUT2D eigenvalue weighted by atomic mass is 10.2. The van der Waals surface area contributed by atoms with Gasteiger partial charge < -0.3 is 10.1 Å². The quantitative estimate of drug-likeness (QED) is 0.611. The minimum Gasteiger partial charge on any atom is -0.469 e. The highest BCUT2D eigenvalue weighted by Crippen LogP contribution is 2.20. The van der Waals surface area contributed by atoms with Gasteiger partial charge in [-0.1, -0.05) is 23.7 Å². The van der Waals surface area contributed by atoms with E-state index in [1.807, 2.05) is 12.1 Å². The summed E-state index contributed by atoms with van der Waals surface area (Å²) in [6.07, 6.45) is 1.66. The van der Waals surface area contributed by atoms with Gasteiger partial charge in [-0.15, -0.1) is 5.10 Å². The van der Waals surface area contributed by atoms with Gasteiger partial charge in [0.2, 0.25) is 5.82 Å². The minimum atomic E-state index is -0.359. The smallest absolute Gasteiger partial charge is 0.305 e. The van der Waals surface area contributed by atoms with Crippen molar-refractivity contribution >= 4 is 23.5 Å². The van der Waals surface area contributed by atoms with Gasteiger partial charge in [-0.3, -0.25) is 9.59 Å². The summed E-state index contributed by atoms with van der Waals surface area (Å²) in [5.41, 5.74) is 0.668. The molecule has 0 spiro atoms. The number of benzene rings is 1. The van der Waals surface area contributed by atoms with Crippen molar-refractivity contribution in [3.8, 4) is 5.69 Å². The van der Waals surface area contributed by atoms with Crippen LogP contribution in [0.25, 0.3) is 5.69 Å². The first kappa shape index (κ1) is 17.9. The van der Waals surface area contributed by atoms with E-state index in [0.29, 0.717) is 42.3 Å². The standard InChI is InChI=1S/C16H19ClN4O3/c1-11-19-15(16(23)18-10-6-5-9-14(22)24-2)20-21(11)13-8-4-3-7-12(13)17/h3-4,7-8H,5-6,9-10H2,1-2H3,(H,18,23). The van der Waals surface area contributed by atoms with E-state index < -0.39 is 0 Å². The Balaban J connectivity index is 1.93. The monoisotopic (exact) mass is 350 g/mol. The van der Waals surface area contributed by atoms with Gasteiger partial charge in [0.25, 0.3) is 5.91 Å². The Labute approximate surface area is 145 Å². The molecule has 0 saturated carbocycles. The van der Waals surface area contributed by atoms with E-state index in [2.05, 4.69) is 20.1 Å². The first-order valence-electron chi connectivity index (χ1n) is 7.56. The van der Waals surface area contributed by atoms with Gasteiger partial charge in [-0.05, 0) is 31.9 Å². The predicted octanol–water partition coefficient (Wildman–Crippen LogP) is 2.30. The highest BCUT2D eigenvalue weighted by molar-refractivity contribution is 6.32. The van der Waals surface area contributed by atoms with Crippen LogP contribution in [-0.4, -0.2) is 40.3 Å². The summed E-state index contributed by atoms with van der Waals surface area (Å²) in [4.78, 5) is 27.3. The summed E-state index contributed by atoms with van der Waals surface area (Å²) >= 11 is 6.15. The molecule has 7 nitrogen and oxygen atoms in total. The molecule has 0 aliphatic rings. The molecular formula is C16H19ClN4O3. The van der Waals surface area contributed by atoms with Gasteiger partial charge in [-0.25, -0.2) is 9.67 Å². The molecule has 128 valence electrons. The summed E-state index contributed by atoms with van der Waals surface area (Å²) in [5.74, 6) is 0.0402. The van der Waals surface area contributed by atoms with Crippen LogP contribution in [0.15, 0.2) is 24.3 Å². The van der Waals surface area contributed by atoms with Crippen molar-refractivity contribution in [3.63, 3.8) is 0 Å². The number of unbranched alkanes of at least 4 members (excludes halogenated alkanes) is 1. The zero-order valence-corrected chi connectivity index (χ0v) is 14.3. The number of methoxy groups -OCH3 is 1. The molecule has 1 N–H and O–H groups in total. The molecule has 0 bridgehead atoms. The van der Waals surface area contributed by atoms with Crippen molar-refractivity contribution in [1.82, 2.24) is 20.1 Å². The molecule has 0 aliphatic heterocycles. The predicted molar refractivity (Wildman–Crippen MR) is 89.3 cm³/mol. The van der Waals surface area contributed by atoms with Crippen LogP contribution in [0.1, 0.15) is 35.7 Å². The van der Waals surface area contributed by atoms with Gasteiger partial charge in [0.1, 0.15) is 5.82 Å². The van der Waals surface area contributed by atoms with Crippen molar-refractivity contribution < 1.29 is 14.3 Å². The van der Waals surface area contributed by atoms with Crippen LogP contribution in [0.4, 0.5) is 0 Å². The number of esters is 1. The topological polar surface area (TPSA) is 86.1 Å². The van der Waals surface area contributed by atoms with Crippen molar-refractivity contribution in [2.45, 2.75) is 26.2 Å². The lowest BCUT2D eigenvalue weighted by Gasteiger charge is -2.04. The van der Waals surface area contributed by atoms with Gasteiger partial charge >= 0.3 is 5.97 Å². The molecule has 1 heterocycles. The van der Waals surface area contributed by atoms with E-state index in [-0.39, 0.29) is 17.7 Å². The molecule has 1 aromatic carbocycles. The van der Waals surface area contributed by atoms with Crippen LogP contribution >= 0.6 is 11.6 Å². The molecule has 0 radical (unpaired) electrons. The summed E-state index contributed by atoms with van der Waals surface area (Å²) in [6, 6.07) is 7.21. The second kappa shape index (κ2) is 8.44. The van der Waals surface area contributed by atoms with Crippen LogP contribution in [0.5, 0.6) is 0 Å². The fraction of sp³-hybridized carbons (Fsp3) is 0.375. The van der Waals surface area contributed by atoms with Gasteiger partial charge in [0, 0.05) is 13.0 Å². The van der Waals surface area contributed by atoms with Crippen LogP contribution in [-0.2, 0) is 9.53 Å². The third kappa shape index (κ3) is 4.55. The minimum absolute atomic E-state index is 0.0837. The molecule has 0 atom stereocenters. The SMILES string of the molecule is COC(=O)CCCCNC(=O)c1nc(C)n(-c2ccccc2Cl)n1. The third-order valence-electron chi connectivity index (χ3n) is 3.37. The maximum atomic E-state index is 12.1. The van der Waals surface area contributed by atoms with E-state index in [1.54, 1.807) is 19.1 Å². The molecule has 0 fully saturated rings. The molecule has 0 unspecified atom stereocenters. The molecule has 2 rings (SSSR count). The zero-order chi connectivity index (χ0) is 17.5. The highest BCUT2D eigenvalue weighted by Gasteiger charge is 2.16. The van der Waals surface area contributed by atoms with Gasteiger partial charge in [0.15, 0.2) is 0 Å². The highest BCUT2D eigenvalue weighted by atomic mass is 35.5. The van der Waals surface area contributed by atoms with Crippen molar-refractivity contribution in [3.05, 3.63) is 40.9 Å². The average molecular weight is 351 g/mol. The number of halogens is 1. The van der Waals surface area contributed by atoms with Gasteiger partial charge in [-0.2, -0.15) is 0 Å². The number of hydrogen-bond donors (Lipinski definition) is 1. The second-order valence-electron chi connectivity index (χ2n) is 5.13. The molecular weight excluding hydrogens is 332 g/mol. The van der Waals surface area contributed by atoms with Crippen molar-refractivity contribution in [2.24, 2.45) is 0 Å². The van der Waals surface area contributed by atoms with Gasteiger partial charge in [0.05, 0.1) is 17.8 Å². The Morgan fingerprint density at radius 2 is 2.04 bits per heavy atom. The summed E-state index contributed by atoms with van der Waals surface area (Å²) in [6.45, 7) is 2.19. The fourth-order valence-corrected chi connectivity index (χ4v) is 2.33. The van der Waals surface area contributed by atoms with Crippen molar-refractivity contribution in [2.75, 3.05) is 13.7 Å². The molecule has 1 amide bonds. The second-order valence-corrected chi connectivity index (χ2v) is 5.54. The Kier molecular flexibility index (Phi) is 6.31. The molecule has 0 aliphatic carbocycles. The Hall–Kier alpha value is -2.41. The number of nitrogens with zero attached hydrogens (tertiary/aromatic N) is 3. The van der Waals surface area contributed by atoms with Crippen LogP contribution in [0.3, 0.4) is 0 Å². The average Bonchev–Trinajstić information content (AvgIpc) is 2.96. The molecule has 0 saturated heterocycles. The number of aromatic nitrogens is 3. The number of amides is 1. The first-order chi connectivity index (χ1) is 11.5. The number of carbonyl (C=O) groups excluding carboxylic acids is 2. The molecule has 1 aromatic heterocycles. The molecule has 24 heavy (non-hydrogen) atoms. The molecule has 8 heteroatoms. The first-order valence-corrected chi connectivity index (χ1v) is 7.94. The maximum Gasteiger partial charge on any atom is 0.305 e. The number of hydrogen-bond acceptors (Lipinski definition) is 5. The Morgan fingerprint density at radius 3 is 2.75 bits per heavy atom. The summed E-state index contributed by atoms with van der Waals surface area (Å²) in [7, 11) is 1.35. The van der Waals surface area contributed by atoms with Crippen LogP contribution in [0.2, 0.25) is 5.02 Å². The maximum absolute atomic E-state index is 12.1. The normalized spacial score (nSPS) is 10.5. The van der Waals surface area contributed by atoms with E-state index in [0.717, 1.165) is 0 Å². The van der Waals surface area contributed by atoms with E-state index in [4.69, 9.17) is 11.6 Å². The lowest BCUT2D eigenvalue weighted by Crippen LogP contribution is -2.25. The summed E-state index contributed by atoms with van der Waals surface area (Å²) in [5, 5.41) is 7.48. The zero-order valence-electron chi connectivity index (χ0n) is 13.6. The number of carbonyl (C=O) groups is 2. The van der Waals surface area contributed by atoms with Crippen LogP contribution < -0.4 is 5.32 Å². The largest absolute Gasteiger partial charge is 0.469 e. The third-order valence-corrected chi connectivity index (χ3v) is 3.69. The van der Waals surface area contributed by atoms with E-state index >= 15 is 0 Å². The number of rotatable bonds is 7.